The predicted molar refractivity (Wildman–Crippen MR) is 62.1 cm³/mol. The standard InChI is InChI=1S/C12H17N3O/c1-9-3-4-10(7-14-9)11(16)15-8-12(13)5-2-6-12/h3-4,7H,2,5-6,8,13H2,1H3,(H,15,16). The summed E-state index contributed by atoms with van der Waals surface area (Å²) in [5.74, 6) is -0.0933. The summed E-state index contributed by atoms with van der Waals surface area (Å²) in [6.07, 6.45) is 4.76. The van der Waals surface area contributed by atoms with E-state index in [-0.39, 0.29) is 11.4 Å². The van der Waals surface area contributed by atoms with Crippen molar-refractivity contribution in [3.05, 3.63) is 29.6 Å². The molecule has 1 fully saturated rings. The molecule has 2 rings (SSSR count). The van der Waals surface area contributed by atoms with E-state index in [0.717, 1.165) is 18.5 Å². The van der Waals surface area contributed by atoms with Crippen LogP contribution in [0.4, 0.5) is 0 Å². The Bertz CT molecular complexity index is 382. The summed E-state index contributed by atoms with van der Waals surface area (Å²) in [5.41, 5.74) is 7.35. The first kappa shape index (κ1) is 11.1. The summed E-state index contributed by atoms with van der Waals surface area (Å²) in [6.45, 7) is 2.45. The van der Waals surface area contributed by atoms with E-state index in [4.69, 9.17) is 5.73 Å². The zero-order chi connectivity index (χ0) is 11.6. The largest absolute Gasteiger partial charge is 0.350 e. The maximum Gasteiger partial charge on any atom is 0.252 e. The van der Waals surface area contributed by atoms with E-state index >= 15 is 0 Å². The van der Waals surface area contributed by atoms with Crippen LogP contribution in [0, 0.1) is 6.92 Å². The highest BCUT2D eigenvalue weighted by Gasteiger charge is 2.32. The Morgan fingerprint density at radius 3 is 2.81 bits per heavy atom. The van der Waals surface area contributed by atoms with Crippen LogP contribution < -0.4 is 11.1 Å². The zero-order valence-electron chi connectivity index (χ0n) is 9.49. The number of nitrogens with one attached hydrogen (secondary N) is 1. The lowest BCUT2D eigenvalue weighted by Gasteiger charge is -2.38. The van der Waals surface area contributed by atoms with Crippen LogP contribution in [0.3, 0.4) is 0 Å². The highest BCUT2D eigenvalue weighted by Crippen LogP contribution is 2.28. The molecule has 0 aliphatic heterocycles. The summed E-state index contributed by atoms with van der Waals surface area (Å²) < 4.78 is 0. The third-order valence-electron chi connectivity index (χ3n) is 3.12. The van der Waals surface area contributed by atoms with E-state index in [0.29, 0.717) is 12.1 Å². The number of aryl methyl sites for hydroxylation is 1. The van der Waals surface area contributed by atoms with Crippen LogP contribution in [0.1, 0.15) is 35.3 Å². The van der Waals surface area contributed by atoms with Crippen LogP contribution in [0.2, 0.25) is 0 Å². The topological polar surface area (TPSA) is 68.0 Å². The van der Waals surface area contributed by atoms with E-state index < -0.39 is 0 Å². The van der Waals surface area contributed by atoms with E-state index in [1.54, 1.807) is 12.3 Å². The van der Waals surface area contributed by atoms with E-state index in [2.05, 4.69) is 10.3 Å². The minimum atomic E-state index is -0.173. The maximum absolute atomic E-state index is 11.7. The van der Waals surface area contributed by atoms with Crippen LogP contribution in [0.5, 0.6) is 0 Å². The molecule has 0 saturated heterocycles. The molecule has 0 bridgehead atoms. The van der Waals surface area contributed by atoms with E-state index in [1.165, 1.54) is 6.42 Å². The fourth-order valence-corrected chi connectivity index (χ4v) is 1.77. The van der Waals surface area contributed by atoms with Gasteiger partial charge in [-0.2, -0.15) is 0 Å². The number of hydrogen-bond acceptors (Lipinski definition) is 3. The predicted octanol–water partition coefficient (Wildman–Crippen LogP) is 1.00. The fourth-order valence-electron chi connectivity index (χ4n) is 1.77. The van der Waals surface area contributed by atoms with Crippen molar-refractivity contribution in [3.8, 4) is 0 Å². The molecule has 3 N–H and O–H groups in total. The van der Waals surface area contributed by atoms with Gasteiger partial charge in [-0.1, -0.05) is 0 Å². The van der Waals surface area contributed by atoms with Crippen LogP contribution in [-0.2, 0) is 0 Å². The zero-order valence-corrected chi connectivity index (χ0v) is 9.49. The molecular weight excluding hydrogens is 202 g/mol. The highest BCUT2D eigenvalue weighted by molar-refractivity contribution is 5.93. The van der Waals surface area contributed by atoms with Gasteiger partial charge >= 0.3 is 0 Å². The van der Waals surface area contributed by atoms with Gasteiger partial charge in [0.15, 0.2) is 0 Å². The van der Waals surface area contributed by atoms with Crippen molar-refractivity contribution in [3.63, 3.8) is 0 Å². The molecule has 1 amide bonds. The second-order valence-corrected chi connectivity index (χ2v) is 4.59. The van der Waals surface area contributed by atoms with Crippen molar-refractivity contribution in [2.75, 3.05) is 6.54 Å². The molecule has 1 aliphatic carbocycles. The molecule has 1 saturated carbocycles. The Kier molecular flexibility index (Phi) is 2.92. The molecule has 1 heterocycles. The Balaban J connectivity index is 1.90. The number of nitrogens with two attached hydrogens (primary N) is 1. The summed E-state index contributed by atoms with van der Waals surface area (Å²) in [7, 11) is 0. The third-order valence-corrected chi connectivity index (χ3v) is 3.12. The lowest BCUT2D eigenvalue weighted by molar-refractivity contribution is 0.0929. The number of amides is 1. The first-order valence-electron chi connectivity index (χ1n) is 5.59. The number of carbonyl (C=O) groups is 1. The number of nitrogens with zero attached hydrogens (tertiary/aromatic N) is 1. The van der Waals surface area contributed by atoms with Crippen LogP contribution >= 0.6 is 0 Å². The van der Waals surface area contributed by atoms with Gasteiger partial charge in [0.25, 0.3) is 5.91 Å². The quantitative estimate of drug-likeness (QED) is 0.797. The van der Waals surface area contributed by atoms with Gasteiger partial charge in [-0.25, -0.2) is 0 Å². The molecule has 0 atom stereocenters. The first-order valence-corrected chi connectivity index (χ1v) is 5.59. The van der Waals surface area contributed by atoms with Crippen molar-refractivity contribution < 1.29 is 4.79 Å². The monoisotopic (exact) mass is 219 g/mol. The smallest absolute Gasteiger partial charge is 0.252 e. The van der Waals surface area contributed by atoms with Crippen LogP contribution in [0.15, 0.2) is 18.3 Å². The lowest BCUT2D eigenvalue weighted by atomic mass is 9.78. The fraction of sp³-hybridized carbons (Fsp3) is 0.500. The van der Waals surface area contributed by atoms with Crippen molar-refractivity contribution in [1.82, 2.24) is 10.3 Å². The molecule has 1 aliphatic rings. The Morgan fingerprint density at radius 1 is 1.56 bits per heavy atom. The Labute approximate surface area is 95.3 Å². The maximum atomic E-state index is 11.7. The first-order chi connectivity index (χ1) is 7.59. The Morgan fingerprint density at radius 2 is 2.31 bits per heavy atom. The molecule has 86 valence electrons. The van der Waals surface area contributed by atoms with Gasteiger partial charge < -0.3 is 11.1 Å². The van der Waals surface area contributed by atoms with Crippen LogP contribution in [-0.4, -0.2) is 23.0 Å². The SMILES string of the molecule is Cc1ccc(C(=O)NCC2(N)CCC2)cn1. The van der Waals surface area contributed by atoms with Gasteiger partial charge in [-0.15, -0.1) is 0 Å². The molecule has 0 radical (unpaired) electrons. The minimum absolute atomic E-state index is 0.0933. The van der Waals surface area contributed by atoms with Gasteiger partial charge in [-0.3, -0.25) is 9.78 Å². The van der Waals surface area contributed by atoms with Crippen molar-refractivity contribution in [2.24, 2.45) is 5.73 Å². The number of carbonyl (C=O) groups excluding carboxylic acids is 1. The molecule has 16 heavy (non-hydrogen) atoms. The summed E-state index contributed by atoms with van der Waals surface area (Å²) in [4.78, 5) is 15.8. The van der Waals surface area contributed by atoms with Crippen LogP contribution in [0.25, 0.3) is 0 Å². The molecular formula is C12H17N3O. The van der Waals surface area contributed by atoms with Gasteiger partial charge in [0.05, 0.1) is 5.56 Å². The average Bonchev–Trinajstić information content (AvgIpc) is 2.24. The van der Waals surface area contributed by atoms with Crippen molar-refractivity contribution in [2.45, 2.75) is 31.7 Å². The van der Waals surface area contributed by atoms with Crippen molar-refractivity contribution >= 4 is 5.91 Å². The molecule has 0 spiro atoms. The summed E-state index contributed by atoms with van der Waals surface area (Å²) >= 11 is 0. The lowest BCUT2D eigenvalue weighted by Crippen LogP contribution is -2.54. The molecule has 0 unspecified atom stereocenters. The minimum Gasteiger partial charge on any atom is -0.350 e. The second-order valence-electron chi connectivity index (χ2n) is 4.59. The van der Waals surface area contributed by atoms with Crippen molar-refractivity contribution in [1.29, 1.82) is 0 Å². The van der Waals surface area contributed by atoms with Gasteiger partial charge in [-0.05, 0) is 38.3 Å². The molecule has 1 aromatic rings. The summed E-state index contributed by atoms with van der Waals surface area (Å²) in [5, 5.41) is 2.86. The Hall–Kier alpha value is -1.42. The number of hydrogen-bond donors (Lipinski definition) is 2. The number of aromatic nitrogens is 1. The molecule has 1 aromatic heterocycles. The van der Waals surface area contributed by atoms with E-state index in [1.807, 2.05) is 13.0 Å². The van der Waals surface area contributed by atoms with Gasteiger partial charge in [0, 0.05) is 24.0 Å². The van der Waals surface area contributed by atoms with Gasteiger partial charge in [0.2, 0.25) is 0 Å². The molecule has 4 nitrogen and oxygen atoms in total. The average molecular weight is 219 g/mol. The number of pyridine rings is 1. The highest BCUT2D eigenvalue weighted by atomic mass is 16.1. The third kappa shape index (κ3) is 2.39. The number of rotatable bonds is 3. The van der Waals surface area contributed by atoms with E-state index in [9.17, 15) is 4.79 Å². The normalized spacial score (nSPS) is 17.6. The van der Waals surface area contributed by atoms with Gasteiger partial charge in [0.1, 0.15) is 0 Å². The molecule has 4 heteroatoms. The summed E-state index contributed by atoms with van der Waals surface area (Å²) in [6, 6.07) is 3.61. The molecule has 0 aromatic carbocycles. The second kappa shape index (κ2) is 4.22.